The summed E-state index contributed by atoms with van der Waals surface area (Å²) < 4.78 is 6.97. The molecule has 3 aromatic heterocycles. The van der Waals surface area contributed by atoms with Gasteiger partial charge in [0.15, 0.2) is 17.2 Å². The lowest BCUT2D eigenvalue weighted by Crippen LogP contribution is -2.09. The highest BCUT2D eigenvalue weighted by Gasteiger charge is 2.13. The molecule has 1 aliphatic carbocycles. The smallest absolute Gasteiger partial charge is 0.284 e. The van der Waals surface area contributed by atoms with Crippen LogP contribution in [0.5, 0.6) is 0 Å². The lowest BCUT2D eigenvalue weighted by molar-refractivity contribution is 0.0974. The molecule has 0 unspecified atom stereocenters. The Hall–Kier alpha value is -2.83. The van der Waals surface area contributed by atoms with E-state index in [9.17, 15) is 4.79 Å². The second-order valence-electron chi connectivity index (χ2n) is 4.99. The molecule has 7 heteroatoms. The molecule has 3 heterocycles. The minimum atomic E-state index is -0.604. The number of furan rings is 1. The lowest BCUT2D eigenvalue weighted by atomic mass is 10.2. The van der Waals surface area contributed by atoms with Crippen molar-refractivity contribution in [1.29, 1.82) is 0 Å². The minimum Gasteiger partial charge on any atom is -0.458 e. The van der Waals surface area contributed by atoms with Crippen LogP contribution in [0.3, 0.4) is 0 Å². The summed E-state index contributed by atoms with van der Waals surface area (Å²) in [5.41, 5.74) is 7.34. The van der Waals surface area contributed by atoms with Crippen molar-refractivity contribution in [1.82, 2.24) is 14.4 Å². The summed E-state index contributed by atoms with van der Waals surface area (Å²) in [6.07, 6.45) is 11.1. The van der Waals surface area contributed by atoms with Crippen LogP contribution >= 0.6 is 0 Å². The summed E-state index contributed by atoms with van der Waals surface area (Å²) >= 11 is 0. The van der Waals surface area contributed by atoms with Crippen LogP contribution in [-0.2, 0) is 0 Å². The molecular weight excluding hydrogens is 282 g/mol. The molecule has 1 saturated carbocycles. The number of aromatic nitrogens is 3. The predicted octanol–water partition coefficient (Wildman–Crippen LogP) is 2.30. The molecule has 114 valence electrons. The number of fused-ring (bicyclic) bond motifs is 1. The summed E-state index contributed by atoms with van der Waals surface area (Å²) in [4.78, 5) is 19.6. The zero-order valence-electron chi connectivity index (χ0n) is 12.2. The molecule has 0 aromatic carbocycles. The Bertz CT molecular complexity index is 800. The van der Waals surface area contributed by atoms with E-state index in [1.54, 1.807) is 25.5 Å². The Balaban J connectivity index is 0.000000429. The van der Waals surface area contributed by atoms with Gasteiger partial charge in [-0.15, -0.1) is 0 Å². The Morgan fingerprint density at radius 1 is 1.36 bits per heavy atom. The quantitative estimate of drug-likeness (QED) is 0.773. The van der Waals surface area contributed by atoms with Gasteiger partial charge < -0.3 is 15.5 Å². The number of anilines is 1. The number of hydrogen-bond donors (Lipinski definition) is 2. The third kappa shape index (κ3) is 2.78. The molecule has 22 heavy (non-hydrogen) atoms. The number of primary amides is 1. The monoisotopic (exact) mass is 299 g/mol. The fourth-order valence-electron chi connectivity index (χ4n) is 1.91. The number of imidazole rings is 1. The maximum atomic E-state index is 11.0. The molecule has 0 spiro atoms. The van der Waals surface area contributed by atoms with Crippen LogP contribution in [0.1, 0.15) is 29.8 Å². The molecule has 0 radical (unpaired) electrons. The fourth-order valence-corrected chi connectivity index (χ4v) is 1.91. The Morgan fingerprint density at radius 3 is 2.73 bits per heavy atom. The van der Waals surface area contributed by atoms with Gasteiger partial charge in [-0.3, -0.25) is 9.20 Å². The van der Waals surface area contributed by atoms with Crippen LogP contribution in [0.4, 0.5) is 5.82 Å². The summed E-state index contributed by atoms with van der Waals surface area (Å²) in [6.45, 7) is 0. The van der Waals surface area contributed by atoms with E-state index < -0.39 is 5.91 Å². The molecule has 3 aromatic rings. The second-order valence-corrected chi connectivity index (χ2v) is 4.99. The average Bonchev–Trinajstić information content (AvgIpc) is 3.17. The number of hydrogen-bond acceptors (Lipinski definition) is 5. The molecule has 4 rings (SSSR count). The molecule has 1 aliphatic rings. The molecular formula is C15H17N5O2. The van der Waals surface area contributed by atoms with Crippen LogP contribution < -0.4 is 11.1 Å². The van der Waals surface area contributed by atoms with Gasteiger partial charge in [0.05, 0.1) is 11.9 Å². The van der Waals surface area contributed by atoms with E-state index in [0.717, 1.165) is 5.69 Å². The van der Waals surface area contributed by atoms with Crippen LogP contribution in [-0.4, -0.2) is 27.3 Å². The van der Waals surface area contributed by atoms with Gasteiger partial charge in [-0.1, -0.05) is 19.3 Å². The van der Waals surface area contributed by atoms with E-state index in [0.29, 0.717) is 17.0 Å². The first kappa shape index (κ1) is 14.1. The maximum Gasteiger partial charge on any atom is 0.284 e. The molecule has 1 fully saturated rings. The van der Waals surface area contributed by atoms with Crippen molar-refractivity contribution in [3.63, 3.8) is 0 Å². The summed E-state index contributed by atoms with van der Waals surface area (Å²) in [7, 11) is 1.78. The topological polar surface area (TPSA) is 98.5 Å². The minimum absolute atomic E-state index is 0.112. The first-order valence-electron chi connectivity index (χ1n) is 7.09. The first-order chi connectivity index (χ1) is 10.7. The van der Waals surface area contributed by atoms with Crippen LogP contribution in [0.2, 0.25) is 0 Å². The highest BCUT2D eigenvalue weighted by atomic mass is 16.3. The molecule has 3 N–H and O–H groups in total. The van der Waals surface area contributed by atoms with Crippen molar-refractivity contribution >= 4 is 17.4 Å². The number of amides is 1. The van der Waals surface area contributed by atoms with Crippen LogP contribution in [0, 0.1) is 0 Å². The van der Waals surface area contributed by atoms with Crippen molar-refractivity contribution < 1.29 is 9.21 Å². The number of nitrogens with two attached hydrogens (primary N) is 1. The van der Waals surface area contributed by atoms with E-state index in [-0.39, 0.29) is 5.76 Å². The molecule has 7 nitrogen and oxygen atoms in total. The van der Waals surface area contributed by atoms with E-state index in [2.05, 4.69) is 15.3 Å². The number of nitrogens with zero attached hydrogens (tertiary/aromatic N) is 3. The zero-order chi connectivity index (χ0) is 15.5. The van der Waals surface area contributed by atoms with E-state index in [4.69, 9.17) is 10.2 Å². The molecule has 0 atom stereocenters. The SMILES string of the molecule is C1CC1.CNc1ncc(-c2coc(C(N)=O)c2)n2ccnc12. The normalized spacial score (nSPS) is 12.6. The van der Waals surface area contributed by atoms with E-state index >= 15 is 0 Å². The van der Waals surface area contributed by atoms with Gasteiger partial charge in [-0.2, -0.15) is 0 Å². The number of rotatable bonds is 3. The van der Waals surface area contributed by atoms with Crippen LogP contribution in [0.25, 0.3) is 16.9 Å². The largest absolute Gasteiger partial charge is 0.458 e. The van der Waals surface area contributed by atoms with E-state index in [1.165, 1.54) is 25.5 Å². The molecule has 1 amide bonds. The van der Waals surface area contributed by atoms with Crippen molar-refractivity contribution in [2.75, 3.05) is 12.4 Å². The van der Waals surface area contributed by atoms with Gasteiger partial charge in [-0.05, 0) is 6.07 Å². The van der Waals surface area contributed by atoms with Gasteiger partial charge in [0.2, 0.25) is 0 Å². The summed E-state index contributed by atoms with van der Waals surface area (Å²) in [5, 5.41) is 2.97. The summed E-state index contributed by atoms with van der Waals surface area (Å²) in [6, 6.07) is 1.58. The predicted molar refractivity (Wildman–Crippen MR) is 82.6 cm³/mol. The third-order valence-corrected chi connectivity index (χ3v) is 3.16. The average molecular weight is 299 g/mol. The van der Waals surface area contributed by atoms with Crippen LogP contribution in [0.15, 0.2) is 35.3 Å². The number of nitrogens with one attached hydrogen (secondary N) is 1. The maximum absolute atomic E-state index is 11.0. The number of carbonyl (C=O) groups excluding carboxylic acids is 1. The highest BCUT2D eigenvalue weighted by molar-refractivity contribution is 5.91. The van der Waals surface area contributed by atoms with Gasteiger partial charge in [0, 0.05) is 25.0 Å². The second kappa shape index (κ2) is 5.88. The third-order valence-electron chi connectivity index (χ3n) is 3.16. The Labute approximate surface area is 127 Å². The van der Waals surface area contributed by atoms with Crippen molar-refractivity contribution in [2.24, 2.45) is 5.73 Å². The molecule has 0 saturated heterocycles. The van der Waals surface area contributed by atoms with Crippen molar-refractivity contribution in [3.8, 4) is 11.3 Å². The molecule has 0 aliphatic heterocycles. The van der Waals surface area contributed by atoms with Crippen molar-refractivity contribution in [3.05, 3.63) is 36.7 Å². The summed E-state index contributed by atoms with van der Waals surface area (Å²) in [5.74, 6) is 0.182. The standard InChI is InChI=1S/C12H11N5O2.C3H6/c1-14-11-12-15-2-3-17(12)8(5-16-11)7-4-9(10(13)18)19-6-7;1-2-3-1/h2-6H,1H3,(H2,13,18)(H,14,16);1-3H2. The molecule has 0 bridgehead atoms. The van der Waals surface area contributed by atoms with Gasteiger partial charge in [0.25, 0.3) is 5.91 Å². The van der Waals surface area contributed by atoms with Gasteiger partial charge >= 0.3 is 0 Å². The Kier molecular flexibility index (Phi) is 3.78. The lowest BCUT2D eigenvalue weighted by Gasteiger charge is -2.06. The first-order valence-corrected chi connectivity index (χ1v) is 7.09. The van der Waals surface area contributed by atoms with Gasteiger partial charge in [-0.25, -0.2) is 9.97 Å². The zero-order valence-corrected chi connectivity index (χ0v) is 12.2. The number of carbonyl (C=O) groups is 1. The van der Waals surface area contributed by atoms with Crippen molar-refractivity contribution in [2.45, 2.75) is 19.3 Å². The fraction of sp³-hybridized carbons (Fsp3) is 0.267. The highest BCUT2D eigenvalue weighted by Crippen LogP contribution is 2.24. The van der Waals surface area contributed by atoms with Gasteiger partial charge in [0.1, 0.15) is 6.26 Å². The van der Waals surface area contributed by atoms with E-state index in [1.807, 2.05) is 10.6 Å². The Morgan fingerprint density at radius 2 is 2.14 bits per heavy atom.